The number of rotatable bonds is 11. The number of nitrogens with zero attached hydrogens (tertiary/aromatic N) is 3. The summed E-state index contributed by atoms with van der Waals surface area (Å²) in [5.41, 5.74) is -2.40. The Morgan fingerprint density at radius 3 is 2.37 bits per heavy atom. The normalized spacial score (nSPS) is 17.6. The average Bonchev–Trinajstić information content (AvgIpc) is 3.52. The molecule has 16 heteroatoms. The molecule has 2 atom stereocenters. The van der Waals surface area contributed by atoms with Crippen LogP contribution in [0.15, 0.2) is 12.3 Å². The second-order valence-corrected chi connectivity index (χ2v) is 10.6. The number of aliphatic hydroxyl groups excluding tert-OH is 1. The fourth-order valence-electron chi connectivity index (χ4n) is 4.34. The fourth-order valence-corrected chi connectivity index (χ4v) is 5.33. The average molecular weight is 612 g/mol. The van der Waals surface area contributed by atoms with Gasteiger partial charge >= 0.3 is 12.4 Å². The molecule has 1 aliphatic heterocycles. The van der Waals surface area contributed by atoms with Crippen molar-refractivity contribution in [1.82, 2.24) is 20.2 Å². The lowest BCUT2D eigenvalue weighted by molar-refractivity contribution is -0.137. The van der Waals surface area contributed by atoms with Crippen LogP contribution in [0.2, 0.25) is 0 Å². The number of nitrogens with one attached hydrogen (secondary N) is 2. The Hall–Kier alpha value is -2.98. The van der Waals surface area contributed by atoms with Crippen LogP contribution in [0.5, 0.6) is 0 Å². The van der Waals surface area contributed by atoms with Crippen molar-refractivity contribution < 1.29 is 45.8 Å². The zero-order valence-corrected chi connectivity index (χ0v) is 23.3. The number of halogens is 6. The van der Waals surface area contributed by atoms with Gasteiger partial charge in [-0.25, -0.2) is 9.97 Å². The molecule has 0 bridgehead atoms. The number of pyridine rings is 1. The molecular formula is C25H31F6N5O4S. The molecule has 3 N–H and O–H groups in total. The first-order valence-corrected chi connectivity index (χ1v) is 13.7. The third-order valence-electron chi connectivity index (χ3n) is 6.43. The van der Waals surface area contributed by atoms with Crippen molar-refractivity contribution >= 4 is 29.0 Å². The van der Waals surface area contributed by atoms with Crippen molar-refractivity contribution in [1.29, 1.82) is 0 Å². The largest absolute Gasteiger partial charge is 0.417 e. The number of alkyl halides is 6. The lowest BCUT2D eigenvalue weighted by Gasteiger charge is -2.27. The summed E-state index contributed by atoms with van der Waals surface area (Å²) in [5.74, 6) is -2.23. The van der Waals surface area contributed by atoms with Gasteiger partial charge in [0, 0.05) is 24.8 Å². The molecule has 0 radical (unpaired) electrons. The van der Waals surface area contributed by atoms with E-state index in [9.17, 15) is 41.0 Å². The van der Waals surface area contributed by atoms with Crippen molar-refractivity contribution in [2.24, 2.45) is 0 Å². The molecular weight excluding hydrogens is 580 g/mol. The van der Waals surface area contributed by atoms with Crippen LogP contribution in [-0.2, 0) is 10.9 Å². The highest BCUT2D eigenvalue weighted by Gasteiger charge is 2.38. The Bertz CT molecular complexity index is 1220. The molecule has 3 rings (SSSR count). The molecule has 0 aromatic carbocycles. The van der Waals surface area contributed by atoms with Crippen LogP contribution < -0.4 is 10.6 Å². The predicted molar refractivity (Wildman–Crippen MR) is 139 cm³/mol. The second kappa shape index (κ2) is 13.3. The minimum absolute atomic E-state index is 0.00388. The van der Waals surface area contributed by atoms with E-state index < -0.39 is 65.5 Å². The number of anilines is 1. The van der Waals surface area contributed by atoms with E-state index in [-0.39, 0.29) is 29.1 Å². The number of hydrogen-bond acceptors (Lipinski definition) is 8. The summed E-state index contributed by atoms with van der Waals surface area (Å²) < 4.78 is 85.5. The van der Waals surface area contributed by atoms with Crippen LogP contribution in [0, 0.1) is 0 Å². The fraction of sp³-hybridized carbons (Fsp3) is 0.600. The van der Waals surface area contributed by atoms with Crippen LogP contribution >= 0.6 is 11.3 Å². The molecule has 2 amide bonds. The van der Waals surface area contributed by atoms with Crippen LogP contribution in [0.1, 0.15) is 65.4 Å². The number of carbonyl (C=O) groups is 2. The predicted octanol–water partition coefficient (Wildman–Crippen LogP) is 4.73. The summed E-state index contributed by atoms with van der Waals surface area (Å²) in [5, 5.41) is 13.9. The highest BCUT2D eigenvalue weighted by atomic mass is 32.1. The molecule has 41 heavy (non-hydrogen) atoms. The first kappa shape index (κ1) is 32.5. The summed E-state index contributed by atoms with van der Waals surface area (Å²) in [6, 6.07) is -0.618. The van der Waals surface area contributed by atoms with E-state index in [1.165, 1.54) is 11.9 Å². The van der Waals surface area contributed by atoms with Crippen molar-refractivity contribution in [3.8, 4) is 10.4 Å². The summed E-state index contributed by atoms with van der Waals surface area (Å²) in [6.07, 6.45) is -7.34. The van der Waals surface area contributed by atoms with Gasteiger partial charge in [-0.2, -0.15) is 26.3 Å². The molecule has 1 saturated heterocycles. The van der Waals surface area contributed by atoms with E-state index in [1.54, 1.807) is 0 Å². The van der Waals surface area contributed by atoms with Crippen LogP contribution in [0.25, 0.3) is 10.4 Å². The third-order valence-corrected chi connectivity index (χ3v) is 7.51. The lowest BCUT2D eigenvalue weighted by atomic mass is 10.0. The lowest BCUT2D eigenvalue weighted by Crippen LogP contribution is -2.42. The van der Waals surface area contributed by atoms with E-state index >= 15 is 0 Å². The molecule has 9 nitrogen and oxygen atoms in total. The second-order valence-electron chi connectivity index (χ2n) is 9.61. The number of carbonyl (C=O) groups excluding carboxylic acids is 2. The van der Waals surface area contributed by atoms with E-state index in [0.717, 1.165) is 12.8 Å². The summed E-state index contributed by atoms with van der Waals surface area (Å²) in [6.45, 7) is 2.23. The van der Waals surface area contributed by atoms with E-state index in [2.05, 4.69) is 15.3 Å². The van der Waals surface area contributed by atoms with Gasteiger partial charge in [0.1, 0.15) is 18.1 Å². The van der Waals surface area contributed by atoms with E-state index in [1.807, 2.05) is 19.2 Å². The van der Waals surface area contributed by atoms with Crippen LogP contribution in [0.4, 0.5) is 32.2 Å². The van der Waals surface area contributed by atoms with Gasteiger partial charge in [0.25, 0.3) is 11.8 Å². The molecule has 3 heterocycles. The monoisotopic (exact) mass is 611 g/mol. The first-order chi connectivity index (χ1) is 19.2. The van der Waals surface area contributed by atoms with Crippen molar-refractivity contribution in [3.63, 3.8) is 0 Å². The highest BCUT2D eigenvalue weighted by Crippen LogP contribution is 2.42. The van der Waals surface area contributed by atoms with Crippen molar-refractivity contribution in [2.45, 2.75) is 70.1 Å². The topological polar surface area (TPSA) is 117 Å². The standard InChI is InChI=1S/C25H31F6N5O4S/c1-4-6-13(7-5-2)36(3)23(39)19-20(41-22(35-19)21(38)34-16-10-40-11-17(16)37)14-9-32-18(33-12-24(26,27)28)8-15(14)25(29,30)31/h8-9,13,16-17,37H,4-7,10-12H2,1-3H3,(H,32,33)(H,34,38). The van der Waals surface area contributed by atoms with Gasteiger partial charge in [0.15, 0.2) is 5.01 Å². The molecule has 2 aromatic heterocycles. The van der Waals surface area contributed by atoms with Crippen LogP contribution in [0.3, 0.4) is 0 Å². The highest BCUT2D eigenvalue weighted by molar-refractivity contribution is 7.17. The molecule has 2 aromatic rings. The maximum atomic E-state index is 14.2. The maximum Gasteiger partial charge on any atom is 0.417 e. The summed E-state index contributed by atoms with van der Waals surface area (Å²) in [4.78, 5) is 35.5. The Morgan fingerprint density at radius 2 is 1.83 bits per heavy atom. The zero-order valence-electron chi connectivity index (χ0n) is 22.5. The molecule has 2 unspecified atom stereocenters. The number of aliphatic hydroxyl groups is 1. The quantitative estimate of drug-likeness (QED) is 0.315. The van der Waals surface area contributed by atoms with Gasteiger partial charge < -0.3 is 25.4 Å². The Morgan fingerprint density at radius 1 is 1.17 bits per heavy atom. The first-order valence-electron chi connectivity index (χ1n) is 12.9. The number of aromatic nitrogens is 2. The number of amides is 2. The zero-order chi connectivity index (χ0) is 30.5. The molecule has 228 valence electrons. The Labute approximate surface area is 236 Å². The smallest absolute Gasteiger partial charge is 0.388 e. The van der Waals surface area contributed by atoms with E-state index in [4.69, 9.17) is 4.74 Å². The molecule has 0 saturated carbocycles. The van der Waals surface area contributed by atoms with Gasteiger partial charge in [-0.05, 0) is 18.9 Å². The SMILES string of the molecule is CCCC(CCC)N(C)C(=O)c1nc(C(=O)NC2COCC2O)sc1-c1cnc(NCC(F)(F)F)cc1C(F)(F)F. The van der Waals surface area contributed by atoms with Crippen molar-refractivity contribution in [3.05, 3.63) is 28.5 Å². The Kier molecular flexibility index (Phi) is 10.6. The molecule has 1 aliphatic rings. The minimum Gasteiger partial charge on any atom is -0.388 e. The van der Waals surface area contributed by atoms with E-state index in [0.29, 0.717) is 36.4 Å². The summed E-state index contributed by atoms with van der Waals surface area (Å²) >= 11 is 0.510. The van der Waals surface area contributed by atoms with Gasteiger partial charge in [0.05, 0.1) is 35.8 Å². The third kappa shape index (κ3) is 8.29. The van der Waals surface area contributed by atoms with Gasteiger partial charge in [-0.3, -0.25) is 9.59 Å². The Balaban J connectivity index is 2.11. The maximum absolute atomic E-state index is 14.2. The minimum atomic E-state index is -5.05. The van der Waals surface area contributed by atoms with Gasteiger partial charge in [-0.1, -0.05) is 26.7 Å². The van der Waals surface area contributed by atoms with Gasteiger partial charge in [0.2, 0.25) is 0 Å². The number of ether oxygens (including phenoxy) is 1. The number of hydrogen-bond donors (Lipinski definition) is 3. The van der Waals surface area contributed by atoms with Gasteiger partial charge in [-0.15, -0.1) is 11.3 Å². The molecule has 1 fully saturated rings. The number of thiazole rings is 1. The molecule has 0 spiro atoms. The molecule has 0 aliphatic carbocycles. The summed E-state index contributed by atoms with van der Waals surface area (Å²) in [7, 11) is 1.50. The van der Waals surface area contributed by atoms with Crippen molar-refractivity contribution in [2.75, 3.05) is 32.1 Å². The van der Waals surface area contributed by atoms with Crippen LogP contribution in [-0.4, -0.2) is 83.0 Å².